The molecule has 2 N–H and O–H groups in total. The molecule has 2 amide bonds. The predicted molar refractivity (Wildman–Crippen MR) is 126 cm³/mol. The third kappa shape index (κ3) is 6.34. The molecule has 0 heterocycles. The molecule has 0 aliphatic heterocycles. The maximum atomic E-state index is 12.3. The van der Waals surface area contributed by atoms with E-state index in [-0.39, 0.29) is 10.5 Å². The van der Waals surface area contributed by atoms with Gasteiger partial charge < -0.3 is 4.74 Å². The quantitative estimate of drug-likeness (QED) is 0.488. The first-order valence-corrected chi connectivity index (χ1v) is 12.0. The van der Waals surface area contributed by atoms with Gasteiger partial charge in [0.05, 0.1) is 10.1 Å². The smallest absolute Gasteiger partial charge is 0.269 e. The van der Waals surface area contributed by atoms with E-state index in [9.17, 15) is 18.0 Å². The number of halogens is 1. The molecule has 172 valence electrons. The summed E-state index contributed by atoms with van der Waals surface area (Å²) in [5.74, 6) is -0.379. The second-order valence-electron chi connectivity index (χ2n) is 7.47. The van der Waals surface area contributed by atoms with E-state index in [0.29, 0.717) is 22.9 Å². The monoisotopic (exact) mass is 486 g/mol. The van der Waals surface area contributed by atoms with Gasteiger partial charge >= 0.3 is 0 Å². The van der Waals surface area contributed by atoms with Crippen molar-refractivity contribution in [3.05, 3.63) is 94.5 Å². The van der Waals surface area contributed by atoms with Crippen molar-refractivity contribution in [1.29, 1.82) is 0 Å². The maximum Gasteiger partial charge on any atom is 0.269 e. The molecule has 0 aliphatic carbocycles. The average molecular weight is 487 g/mol. The van der Waals surface area contributed by atoms with Crippen molar-refractivity contribution in [1.82, 2.24) is 10.9 Å². The fourth-order valence-corrected chi connectivity index (χ4v) is 3.96. The van der Waals surface area contributed by atoms with Crippen molar-refractivity contribution in [3.63, 3.8) is 0 Å². The highest BCUT2D eigenvalue weighted by Gasteiger charge is 2.19. The fourth-order valence-electron chi connectivity index (χ4n) is 2.78. The Morgan fingerprint density at radius 1 is 0.818 bits per heavy atom. The number of sulfone groups is 1. The van der Waals surface area contributed by atoms with Crippen molar-refractivity contribution in [2.75, 3.05) is 0 Å². The lowest BCUT2D eigenvalue weighted by atomic mass is 10.1. The van der Waals surface area contributed by atoms with Crippen LogP contribution in [0.5, 0.6) is 5.75 Å². The molecule has 0 spiro atoms. The van der Waals surface area contributed by atoms with Crippen molar-refractivity contribution in [2.45, 2.75) is 30.6 Å². The number of carbonyl (C=O) groups excluding carboxylic acids is 2. The molecule has 0 bridgehead atoms. The molecule has 0 saturated carbocycles. The molecule has 0 atom stereocenters. The lowest BCUT2D eigenvalue weighted by molar-refractivity contribution is 0.0846. The molecule has 0 radical (unpaired) electrons. The minimum atomic E-state index is -3.42. The highest BCUT2D eigenvalue weighted by Crippen LogP contribution is 2.18. The van der Waals surface area contributed by atoms with Gasteiger partial charge in [-0.15, -0.1) is 0 Å². The Morgan fingerprint density at radius 3 is 1.79 bits per heavy atom. The summed E-state index contributed by atoms with van der Waals surface area (Å²) in [4.78, 5) is 24.7. The molecule has 0 saturated heterocycles. The van der Waals surface area contributed by atoms with Gasteiger partial charge in [-0.2, -0.15) is 0 Å². The number of nitrogens with one attached hydrogen (secondary N) is 2. The third-order valence-electron chi connectivity index (χ3n) is 4.79. The number of carbonyl (C=O) groups is 2. The largest absolute Gasteiger partial charge is 0.489 e. The zero-order valence-electron chi connectivity index (χ0n) is 18.0. The fraction of sp³-hybridized carbons (Fsp3) is 0.167. The first-order chi connectivity index (χ1) is 15.7. The van der Waals surface area contributed by atoms with Crippen LogP contribution in [0.2, 0.25) is 5.02 Å². The molecule has 0 aromatic heterocycles. The van der Waals surface area contributed by atoms with E-state index in [2.05, 4.69) is 10.9 Å². The number of ether oxygens (including phenoxy) is 1. The molecule has 3 aromatic rings. The van der Waals surface area contributed by atoms with Crippen molar-refractivity contribution < 1.29 is 22.7 Å². The Morgan fingerprint density at radius 2 is 1.30 bits per heavy atom. The van der Waals surface area contributed by atoms with Crippen LogP contribution >= 0.6 is 11.6 Å². The Balaban J connectivity index is 1.52. The highest BCUT2D eigenvalue weighted by molar-refractivity contribution is 7.92. The summed E-state index contributed by atoms with van der Waals surface area (Å²) in [5.41, 5.74) is 6.09. The number of amides is 2. The molecule has 9 heteroatoms. The first-order valence-electron chi connectivity index (χ1n) is 10.1. The van der Waals surface area contributed by atoms with Gasteiger partial charge in [-0.05, 0) is 80.1 Å². The SMILES string of the molecule is CC(C)S(=O)(=O)c1ccc(C(=O)NNC(=O)c2ccc(COc3ccc(Cl)cc3)cc2)cc1. The summed E-state index contributed by atoms with van der Waals surface area (Å²) in [6, 6.07) is 19.3. The highest BCUT2D eigenvalue weighted by atomic mass is 35.5. The second-order valence-corrected chi connectivity index (χ2v) is 10.4. The van der Waals surface area contributed by atoms with E-state index in [1.807, 2.05) is 0 Å². The molecular weight excluding hydrogens is 464 g/mol. The zero-order chi connectivity index (χ0) is 24.0. The van der Waals surface area contributed by atoms with Crippen LogP contribution in [0.3, 0.4) is 0 Å². The van der Waals surface area contributed by atoms with Gasteiger partial charge in [-0.25, -0.2) is 8.42 Å². The Bertz CT molecular complexity index is 1220. The minimum absolute atomic E-state index is 0.137. The van der Waals surface area contributed by atoms with Crippen LogP contribution in [0.1, 0.15) is 40.1 Å². The van der Waals surface area contributed by atoms with Gasteiger partial charge in [0.2, 0.25) is 0 Å². The molecule has 0 fully saturated rings. The molecule has 3 aromatic carbocycles. The Hall–Kier alpha value is -3.36. The van der Waals surface area contributed by atoms with Crippen LogP contribution in [0.4, 0.5) is 0 Å². The summed E-state index contributed by atoms with van der Waals surface area (Å²) in [7, 11) is -3.42. The van der Waals surface area contributed by atoms with E-state index in [4.69, 9.17) is 16.3 Å². The van der Waals surface area contributed by atoms with Crippen molar-refractivity contribution in [2.24, 2.45) is 0 Å². The topological polar surface area (TPSA) is 102 Å². The number of rotatable bonds is 7. The summed E-state index contributed by atoms with van der Waals surface area (Å²) in [6.07, 6.45) is 0. The van der Waals surface area contributed by atoms with Crippen LogP contribution < -0.4 is 15.6 Å². The summed E-state index contributed by atoms with van der Waals surface area (Å²) in [6.45, 7) is 3.50. The Kier molecular flexibility index (Phi) is 7.73. The van der Waals surface area contributed by atoms with Gasteiger partial charge in [-0.3, -0.25) is 20.4 Å². The summed E-state index contributed by atoms with van der Waals surface area (Å²) >= 11 is 5.85. The number of hydrazine groups is 1. The standard InChI is InChI=1S/C24H23ClN2O5S/c1-16(2)33(30,31)22-13-7-19(8-14-22)24(29)27-26-23(28)18-5-3-17(4-6-18)15-32-21-11-9-20(25)10-12-21/h3-14,16H,15H2,1-2H3,(H,26,28)(H,27,29). The summed E-state index contributed by atoms with van der Waals surface area (Å²) in [5, 5.41) is 0.0627. The van der Waals surface area contributed by atoms with E-state index in [1.54, 1.807) is 62.4 Å². The van der Waals surface area contributed by atoms with Gasteiger partial charge in [0, 0.05) is 16.1 Å². The predicted octanol–water partition coefficient (Wildman–Crippen LogP) is 4.18. The number of hydrogen-bond donors (Lipinski definition) is 2. The van der Waals surface area contributed by atoms with E-state index >= 15 is 0 Å². The summed E-state index contributed by atoms with van der Waals surface area (Å²) < 4.78 is 30.0. The molecule has 0 unspecified atom stereocenters. The average Bonchev–Trinajstić information content (AvgIpc) is 2.82. The van der Waals surface area contributed by atoms with E-state index in [0.717, 1.165) is 5.56 Å². The van der Waals surface area contributed by atoms with Crippen LogP contribution in [-0.4, -0.2) is 25.5 Å². The minimum Gasteiger partial charge on any atom is -0.489 e. The van der Waals surface area contributed by atoms with Crippen LogP contribution in [0.15, 0.2) is 77.7 Å². The molecular formula is C24H23ClN2O5S. The second kappa shape index (κ2) is 10.5. The Labute approximate surface area is 197 Å². The van der Waals surface area contributed by atoms with Crippen LogP contribution in [0, 0.1) is 0 Å². The van der Waals surface area contributed by atoms with E-state index in [1.165, 1.54) is 24.3 Å². The van der Waals surface area contributed by atoms with Crippen molar-refractivity contribution in [3.8, 4) is 5.75 Å². The van der Waals surface area contributed by atoms with Crippen molar-refractivity contribution >= 4 is 33.3 Å². The first kappa shape index (κ1) is 24.3. The van der Waals surface area contributed by atoms with Crippen LogP contribution in [-0.2, 0) is 16.4 Å². The third-order valence-corrected chi connectivity index (χ3v) is 7.21. The number of benzene rings is 3. The van der Waals surface area contributed by atoms with E-state index < -0.39 is 26.9 Å². The molecule has 33 heavy (non-hydrogen) atoms. The lowest BCUT2D eigenvalue weighted by Gasteiger charge is -2.10. The van der Waals surface area contributed by atoms with Gasteiger partial charge in [0.25, 0.3) is 11.8 Å². The molecule has 0 aliphatic rings. The van der Waals surface area contributed by atoms with Gasteiger partial charge in [0.1, 0.15) is 12.4 Å². The normalized spacial score (nSPS) is 11.2. The molecule has 3 rings (SSSR count). The molecule has 7 nitrogen and oxygen atoms in total. The maximum absolute atomic E-state index is 12.3. The lowest BCUT2D eigenvalue weighted by Crippen LogP contribution is -2.41. The van der Waals surface area contributed by atoms with Gasteiger partial charge in [0.15, 0.2) is 9.84 Å². The van der Waals surface area contributed by atoms with Gasteiger partial charge in [-0.1, -0.05) is 23.7 Å². The van der Waals surface area contributed by atoms with Crippen LogP contribution in [0.25, 0.3) is 0 Å². The number of hydrogen-bond acceptors (Lipinski definition) is 5. The zero-order valence-corrected chi connectivity index (χ0v) is 19.6.